The molecule has 4 rings (SSSR count). The van der Waals surface area contributed by atoms with E-state index in [1.807, 2.05) is 43.9 Å². The summed E-state index contributed by atoms with van der Waals surface area (Å²) >= 11 is 0. The number of fused-ring (bicyclic) bond motifs is 1. The molecule has 0 bridgehead atoms. The van der Waals surface area contributed by atoms with Crippen molar-refractivity contribution >= 4 is 5.91 Å². The van der Waals surface area contributed by atoms with E-state index in [4.69, 9.17) is 0 Å². The van der Waals surface area contributed by atoms with E-state index < -0.39 is 5.82 Å². The van der Waals surface area contributed by atoms with Gasteiger partial charge in [-0.3, -0.25) is 4.79 Å². The molecule has 1 aromatic carbocycles. The number of halogens is 1. The van der Waals surface area contributed by atoms with Crippen LogP contribution in [0.15, 0.2) is 30.6 Å². The van der Waals surface area contributed by atoms with Crippen LogP contribution in [0.2, 0.25) is 0 Å². The summed E-state index contributed by atoms with van der Waals surface area (Å²) in [7, 11) is 0. The van der Waals surface area contributed by atoms with Crippen molar-refractivity contribution in [1.82, 2.24) is 29.9 Å². The quantitative estimate of drug-likeness (QED) is 0.696. The second-order valence-electron chi connectivity index (χ2n) is 6.83. The van der Waals surface area contributed by atoms with E-state index in [9.17, 15) is 9.18 Å². The Morgan fingerprint density at radius 2 is 1.96 bits per heavy atom. The van der Waals surface area contributed by atoms with Crippen molar-refractivity contribution in [3.8, 4) is 5.95 Å². The number of rotatable bonds is 2. The van der Waals surface area contributed by atoms with E-state index in [2.05, 4.69) is 20.3 Å². The minimum atomic E-state index is -0.508. The van der Waals surface area contributed by atoms with Gasteiger partial charge < -0.3 is 4.90 Å². The Balaban J connectivity index is 1.65. The highest BCUT2D eigenvalue weighted by Gasteiger charge is 2.32. The van der Waals surface area contributed by atoms with Gasteiger partial charge in [0.25, 0.3) is 11.9 Å². The van der Waals surface area contributed by atoms with Gasteiger partial charge in [-0.25, -0.2) is 14.4 Å². The van der Waals surface area contributed by atoms with Crippen molar-refractivity contribution in [3.05, 3.63) is 64.5 Å². The van der Waals surface area contributed by atoms with Crippen molar-refractivity contribution in [1.29, 1.82) is 0 Å². The average molecular weight is 366 g/mol. The predicted octanol–water partition coefficient (Wildman–Crippen LogP) is 2.40. The maximum absolute atomic E-state index is 13.1. The number of benzene rings is 1. The van der Waals surface area contributed by atoms with Crippen LogP contribution in [0.1, 0.15) is 39.8 Å². The summed E-state index contributed by atoms with van der Waals surface area (Å²) < 4.78 is 14.6. The zero-order valence-corrected chi connectivity index (χ0v) is 15.3. The second-order valence-corrected chi connectivity index (χ2v) is 6.83. The van der Waals surface area contributed by atoms with Gasteiger partial charge in [0.2, 0.25) is 0 Å². The molecule has 1 atom stereocenters. The van der Waals surface area contributed by atoms with Crippen LogP contribution in [-0.2, 0) is 13.0 Å². The zero-order chi connectivity index (χ0) is 19.1. The fourth-order valence-electron chi connectivity index (χ4n) is 3.35. The van der Waals surface area contributed by atoms with Crippen molar-refractivity contribution in [2.24, 2.45) is 0 Å². The number of carbonyl (C=O) groups is 1. The molecule has 0 fully saturated rings. The third kappa shape index (κ3) is 2.97. The van der Waals surface area contributed by atoms with E-state index in [0.29, 0.717) is 24.2 Å². The molecule has 0 N–H and O–H groups in total. The molecular weight excluding hydrogens is 347 g/mol. The highest BCUT2D eigenvalue weighted by Crippen LogP contribution is 2.25. The molecule has 1 aliphatic rings. The molecule has 0 saturated carbocycles. The molecule has 0 spiro atoms. The van der Waals surface area contributed by atoms with Gasteiger partial charge in [0.05, 0.1) is 24.6 Å². The van der Waals surface area contributed by atoms with Gasteiger partial charge in [-0.05, 0) is 38.0 Å². The van der Waals surface area contributed by atoms with Crippen LogP contribution >= 0.6 is 0 Å². The maximum Gasteiger partial charge on any atom is 0.254 e. The van der Waals surface area contributed by atoms with E-state index in [-0.39, 0.29) is 17.9 Å². The molecule has 1 aliphatic heterocycles. The van der Waals surface area contributed by atoms with E-state index in [1.54, 1.807) is 0 Å². The second kappa shape index (κ2) is 6.53. The maximum atomic E-state index is 13.1. The summed E-state index contributed by atoms with van der Waals surface area (Å²) in [6.07, 6.45) is 2.76. The first kappa shape index (κ1) is 17.3. The Morgan fingerprint density at radius 3 is 2.70 bits per heavy atom. The van der Waals surface area contributed by atoms with Crippen LogP contribution in [0, 0.1) is 19.7 Å². The van der Waals surface area contributed by atoms with Gasteiger partial charge in [-0.1, -0.05) is 17.3 Å². The summed E-state index contributed by atoms with van der Waals surface area (Å²) in [6.45, 7) is 6.32. The third-order valence-electron chi connectivity index (χ3n) is 5.08. The number of carbonyl (C=O) groups excluding carboxylic acids is 1. The molecule has 3 heterocycles. The summed E-state index contributed by atoms with van der Waals surface area (Å²) in [5.41, 5.74) is 4.34. The van der Waals surface area contributed by atoms with Crippen LogP contribution in [0.25, 0.3) is 5.95 Å². The lowest BCUT2D eigenvalue weighted by Gasteiger charge is -2.33. The molecule has 0 saturated heterocycles. The minimum Gasteiger partial charge on any atom is -0.329 e. The Hall–Kier alpha value is -3.16. The van der Waals surface area contributed by atoms with Gasteiger partial charge in [0.15, 0.2) is 5.82 Å². The Morgan fingerprint density at radius 1 is 1.22 bits per heavy atom. The predicted molar refractivity (Wildman–Crippen MR) is 95.9 cm³/mol. The Labute approximate surface area is 155 Å². The minimum absolute atomic E-state index is 0.0121. The molecule has 138 valence electrons. The highest BCUT2D eigenvalue weighted by atomic mass is 19.1. The van der Waals surface area contributed by atoms with Crippen LogP contribution < -0.4 is 0 Å². The lowest BCUT2D eigenvalue weighted by Crippen LogP contribution is -2.43. The molecule has 0 aliphatic carbocycles. The number of amides is 1. The zero-order valence-electron chi connectivity index (χ0n) is 15.3. The molecule has 1 amide bonds. The molecular formula is C19H19FN6O. The van der Waals surface area contributed by atoms with Crippen molar-refractivity contribution < 1.29 is 9.18 Å². The van der Waals surface area contributed by atoms with Crippen molar-refractivity contribution in [2.75, 3.05) is 0 Å². The Kier molecular flexibility index (Phi) is 4.18. The fraction of sp³-hybridized carbons (Fsp3) is 0.316. The first-order valence-electron chi connectivity index (χ1n) is 8.74. The van der Waals surface area contributed by atoms with E-state index >= 15 is 0 Å². The molecule has 2 aromatic heterocycles. The van der Waals surface area contributed by atoms with E-state index in [0.717, 1.165) is 29.2 Å². The lowest BCUT2D eigenvalue weighted by atomic mass is 9.99. The third-order valence-corrected chi connectivity index (χ3v) is 5.08. The number of hydrogen-bond acceptors (Lipinski definition) is 5. The fourth-order valence-corrected chi connectivity index (χ4v) is 3.35. The molecule has 0 radical (unpaired) electrons. The molecule has 27 heavy (non-hydrogen) atoms. The normalized spacial score (nSPS) is 16.3. The topological polar surface area (TPSA) is 76.8 Å². The molecule has 3 aromatic rings. The first-order valence-corrected chi connectivity index (χ1v) is 8.74. The van der Waals surface area contributed by atoms with Crippen LogP contribution in [0.3, 0.4) is 0 Å². The SMILES string of the molecule is Cc1cccc(C(=O)N2Cc3nnn(-c4ncc(F)cn4)c3CC2C)c1C. The smallest absolute Gasteiger partial charge is 0.254 e. The lowest BCUT2D eigenvalue weighted by molar-refractivity contribution is 0.0652. The Bertz CT molecular complexity index is 1010. The number of aromatic nitrogens is 5. The average Bonchev–Trinajstić information content (AvgIpc) is 3.06. The number of hydrogen-bond donors (Lipinski definition) is 0. The highest BCUT2D eigenvalue weighted by molar-refractivity contribution is 5.96. The van der Waals surface area contributed by atoms with Gasteiger partial charge in [-0.2, -0.15) is 4.68 Å². The van der Waals surface area contributed by atoms with Gasteiger partial charge in [0, 0.05) is 18.0 Å². The van der Waals surface area contributed by atoms with Crippen LogP contribution in [0.5, 0.6) is 0 Å². The van der Waals surface area contributed by atoms with Gasteiger partial charge >= 0.3 is 0 Å². The monoisotopic (exact) mass is 366 g/mol. The summed E-state index contributed by atoms with van der Waals surface area (Å²) in [5.74, 6) is -0.250. The largest absolute Gasteiger partial charge is 0.329 e. The van der Waals surface area contributed by atoms with E-state index in [1.165, 1.54) is 4.68 Å². The molecule has 7 nitrogen and oxygen atoms in total. The van der Waals surface area contributed by atoms with Gasteiger partial charge in [-0.15, -0.1) is 5.10 Å². The molecule has 8 heteroatoms. The van der Waals surface area contributed by atoms with Crippen LogP contribution in [-0.4, -0.2) is 41.8 Å². The summed E-state index contributed by atoms with van der Waals surface area (Å²) in [6, 6.07) is 5.72. The van der Waals surface area contributed by atoms with Crippen molar-refractivity contribution in [3.63, 3.8) is 0 Å². The molecule has 1 unspecified atom stereocenters. The summed E-state index contributed by atoms with van der Waals surface area (Å²) in [5, 5.41) is 8.31. The van der Waals surface area contributed by atoms with Gasteiger partial charge in [0.1, 0.15) is 5.69 Å². The van der Waals surface area contributed by atoms with Crippen LogP contribution in [0.4, 0.5) is 4.39 Å². The van der Waals surface area contributed by atoms with Crippen molar-refractivity contribution in [2.45, 2.75) is 39.8 Å². The standard InChI is InChI=1S/C19H19FN6O/c1-11-5-4-6-15(13(11)3)18(27)25-10-16-17(7-12(25)2)26(24-23-16)19-21-8-14(20)9-22-19/h4-6,8-9,12H,7,10H2,1-3H3. The first-order chi connectivity index (χ1) is 13.0. The number of nitrogens with zero attached hydrogens (tertiary/aromatic N) is 6. The summed E-state index contributed by atoms with van der Waals surface area (Å²) in [4.78, 5) is 22.9. The number of aryl methyl sites for hydroxylation is 1.